The number of likely N-dealkylation sites (N-methyl/N-ethyl adjacent to an activating group) is 1. The largest absolute Gasteiger partial charge is 0.488 e. The molecular weight excluding hydrogens is 649 g/mol. The highest BCUT2D eigenvalue weighted by Crippen LogP contribution is 2.31. The maximum absolute atomic E-state index is 13.6. The van der Waals surface area contributed by atoms with Gasteiger partial charge in [-0.1, -0.05) is 37.3 Å². The van der Waals surface area contributed by atoms with Crippen LogP contribution in [-0.4, -0.2) is 65.7 Å². The van der Waals surface area contributed by atoms with Crippen LogP contribution in [0.5, 0.6) is 17.2 Å². The standard InChI is InChI=1S/C38H41F3N4O5/c1-25-21-45(26(2)24-46)36(47)20-28-19-31(43-37(48)42-30-13-11-29(12-14-30)38(39,40)41)15-18-34(28)50-35(25)23-44(3)22-27-9-16-33(17-10-27)49-32-7-5-4-6-8-32/h4-19,25-26,35,46H,20-24H2,1-3H3,(H2,42,43,48)/t25-,26+,35-/m0/s1. The van der Waals surface area contributed by atoms with Crippen molar-refractivity contribution in [2.24, 2.45) is 5.92 Å². The fourth-order valence-corrected chi connectivity index (χ4v) is 5.73. The van der Waals surface area contributed by atoms with Crippen LogP contribution in [0.15, 0.2) is 97.1 Å². The number of benzene rings is 4. The number of hydrogen-bond acceptors (Lipinski definition) is 6. The summed E-state index contributed by atoms with van der Waals surface area (Å²) < 4.78 is 51.3. The van der Waals surface area contributed by atoms with Crippen LogP contribution in [0.4, 0.5) is 29.3 Å². The number of fused-ring (bicyclic) bond motifs is 1. The first-order valence-corrected chi connectivity index (χ1v) is 16.3. The van der Waals surface area contributed by atoms with Crippen LogP contribution < -0.4 is 20.1 Å². The highest BCUT2D eigenvalue weighted by Gasteiger charge is 2.32. The number of hydrogen-bond donors (Lipinski definition) is 3. The van der Waals surface area contributed by atoms with Crippen molar-refractivity contribution in [2.75, 3.05) is 37.4 Å². The molecule has 0 saturated heterocycles. The molecule has 0 bridgehead atoms. The van der Waals surface area contributed by atoms with Gasteiger partial charge in [-0.2, -0.15) is 13.2 Å². The van der Waals surface area contributed by atoms with E-state index < -0.39 is 23.8 Å². The number of urea groups is 1. The van der Waals surface area contributed by atoms with E-state index in [4.69, 9.17) is 9.47 Å². The number of anilines is 2. The number of nitrogens with one attached hydrogen (secondary N) is 2. The zero-order valence-electron chi connectivity index (χ0n) is 28.1. The molecule has 1 heterocycles. The molecule has 3 atom stereocenters. The van der Waals surface area contributed by atoms with Crippen LogP contribution in [0.3, 0.4) is 0 Å². The second-order valence-corrected chi connectivity index (χ2v) is 12.6. The van der Waals surface area contributed by atoms with E-state index in [0.29, 0.717) is 36.6 Å². The summed E-state index contributed by atoms with van der Waals surface area (Å²) in [5, 5.41) is 15.2. The molecular formula is C38H41F3N4O5. The summed E-state index contributed by atoms with van der Waals surface area (Å²) in [6.07, 6.45) is -4.84. The second-order valence-electron chi connectivity index (χ2n) is 12.6. The van der Waals surface area contributed by atoms with Crippen molar-refractivity contribution in [1.82, 2.24) is 9.80 Å². The Hall–Kier alpha value is -5.07. The van der Waals surface area contributed by atoms with E-state index in [1.807, 2.05) is 68.6 Å². The van der Waals surface area contributed by atoms with Gasteiger partial charge in [0, 0.05) is 42.5 Å². The summed E-state index contributed by atoms with van der Waals surface area (Å²) in [4.78, 5) is 30.1. The summed E-state index contributed by atoms with van der Waals surface area (Å²) in [6, 6.07) is 25.5. The maximum atomic E-state index is 13.6. The summed E-state index contributed by atoms with van der Waals surface area (Å²) >= 11 is 0. The Morgan fingerprint density at radius 2 is 1.62 bits per heavy atom. The quantitative estimate of drug-likeness (QED) is 0.160. The summed E-state index contributed by atoms with van der Waals surface area (Å²) in [7, 11) is 2.00. The third kappa shape index (κ3) is 9.76. The van der Waals surface area contributed by atoms with Crippen molar-refractivity contribution in [2.45, 2.75) is 45.1 Å². The molecule has 9 nitrogen and oxygen atoms in total. The van der Waals surface area contributed by atoms with Gasteiger partial charge < -0.3 is 30.1 Å². The smallest absolute Gasteiger partial charge is 0.416 e. The van der Waals surface area contributed by atoms with E-state index in [0.717, 1.165) is 29.2 Å². The van der Waals surface area contributed by atoms with Gasteiger partial charge >= 0.3 is 12.2 Å². The minimum Gasteiger partial charge on any atom is -0.488 e. The van der Waals surface area contributed by atoms with Crippen LogP contribution in [0.25, 0.3) is 0 Å². The molecule has 264 valence electrons. The molecule has 0 aromatic heterocycles. The highest BCUT2D eigenvalue weighted by molar-refractivity contribution is 6.00. The first-order chi connectivity index (χ1) is 23.9. The zero-order chi connectivity index (χ0) is 35.8. The second kappa shape index (κ2) is 16.1. The molecule has 0 unspecified atom stereocenters. The molecule has 0 spiro atoms. The number of carbonyl (C=O) groups is 2. The van der Waals surface area contributed by atoms with E-state index in [9.17, 15) is 27.9 Å². The van der Waals surface area contributed by atoms with Gasteiger partial charge in [0.05, 0.1) is 24.6 Å². The Bertz CT molecular complexity index is 1740. The average Bonchev–Trinajstić information content (AvgIpc) is 3.12. The van der Waals surface area contributed by atoms with Crippen LogP contribution >= 0.6 is 0 Å². The number of carbonyl (C=O) groups excluding carboxylic acids is 2. The highest BCUT2D eigenvalue weighted by atomic mass is 19.4. The van der Waals surface area contributed by atoms with Crippen LogP contribution in [-0.2, 0) is 23.9 Å². The van der Waals surface area contributed by atoms with Crippen LogP contribution in [0, 0.1) is 5.92 Å². The van der Waals surface area contributed by atoms with Crippen molar-refractivity contribution in [3.63, 3.8) is 0 Å². The third-order valence-electron chi connectivity index (χ3n) is 8.49. The Morgan fingerprint density at radius 1 is 0.980 bits per heavy atom. The predicted octanol–water partition coefficient (Wildman–Crippen LogP) is 7.42. The summed E-state index contributed by atoms with van der Waals surface area (Å²) in [5.74, 6) is 1.70. The number of aliphatic hydroxyl groups excluding tert-OH is 1. The van der Waals surface area contributed by atoms with Gasteiger partial charge in [0.25, 0.3) is 0 Å². The SMILES string of the molecule is C[C@H](CO)N1C[C@H](C)[C@H](CN(C)Cc2ccc(Oc3ccccc3)cc2)Oc2ccc(NC(=O)Nc3ccc(C(F)(F)F)cc3)cc2CC1=O. The molecule has 4 aromatic carbocycles. The lowest BCUT2D eigenvalue weighted by Gasteiger charge is -2.34. The van der Waals surface area contributed by atoms with Crippen molar-refractivity contribution in [3.8, 4) is 17.2 Å². The first-order valence-electron chi connectivity index (χ1n) is 16.3. The lowest BCUT2D eigenvalue weighted by molar-refractivity contribution is -0.137. The molecule has 50 heavy (non-hydrogen) atoms. The minimum atomic E-state index is -4.48. The molecule has 3 amide bonds. The molecule has 12 heteroatoms. The Labute approximate surface area is 289 Å². The van der Waals surface area contributed by atoms with Gasteiger partial charge in [-0.05, 0) is 86.3 Å². The number of para-hydroxylation sites is 1. The molecule has 1 aliphatic heterocycles. The number of nitrogens with zero attached hydrogens (tertiary/aromatic N) is 2. The van der Waals surface area contributed by atoms with Gasteiger partial charge in [-0.15, -0.1) is 0 Å². The van der Waals surface area contributed by atoms with Gasteiger partial charge in [0.1, 0.15) is 23.4 Å². The Kier molecular flexibility index (Phi) is 11.7. The topological polar surface area (TPSA) is 103 Å². The van der Waals surface area contributed by atoms with Crippen molar-refractivity contribution in [1.29, 1.82) is 0 Å². The molecule has 0 radical (unpaired) electrons. The van der Waals surface area contributed by atoms with Crippen molar-refractivity contribution < 1.29 is 37.3 Å². The minimum absolute atomic E-state index is 0.0254. The number of ether oxygens (including phenoxy) is 2. The molecule has 3 N–H and O–H groups in total. The number of aliphatic hydroxyl groups is 1. The van der Waals surface area contributed by atoms with E-state index in [1.165, 1.54) is 12.1 Å². The summed E-state index contributed by atoms with van der Waals surface area (Å²) in [5.41, 5.74) is 1.36. The lowest BCUT2D eigenvalue weighted by atomic mass is 10.0. The number of amides is 3. The number of alkyl halides is 3. The molecule has 4 aromatic rings. The van der Waals surface area contributed by atoms with E-state index in [-0.39, 0.29) is 36.6 Å². The van der Waals surface area contributed by atoms with Gasteiger partial charge in [0.2, 0.25) is 5.91 Å². The van der Waals surface area contributed by atoms with E-state index >= 15 is 0 Å². The molecule has 0 saturated carbocycles. The van der Waals surface area contributed by atoms with E-state index in [1.54, 1.807) is 30.0 Å². The third-order valence-corrected chi connectivity index (χ3v) is 8.49. The van der Waals surface area contributed by atoms with Gasteiger partial charge in [-0.25, -0.2) is 4.79 Å². The van der Waals surface area contributed by atoms with Crippen molar-refractivity contribution in [3.05, 3.63) is 114 Å². The van der Waals surface area contributed by atoms with E-state index in [2.05, 4.69) is 15.5 Å². The number of halogens is 3. The maximum Gasteiger partial charge on any atom is 0.416 e. The van der Waals surface area contributed by atoms with Crippen LogP contribution in [0.1, 0.15) is 30.5 Å². The Morgan fingerprint density at radius 3 is 2.28 bits per heavy atom. The fourth-order valence-electron chi connectivity index (χ4n) is 5.73. The zero-order valence-corrected chi connectivity index (χ0v) is 28.1. The van der Waals surface area contributed by atoms with Crippen molar-refractivity contribution >= 4 is 23.3 Å². The summed E-state index contributed by atoms with van der Waals surface area (Å²) in [6.45, 7) is 5.16. The Balaban J connectivity index is 1.29. The average molecular weight is 691 g/mol. The fraction of sp³-hybridized carbons (Fsp3) is 0.316. The van der Waals surface area contributed by atoms with Gasteiger partial charge in [-0.3, -0.25) is 9.69 Å². The first kappa shape index (κ1) is 36.2. The normalized spacial score (nSPS) is 17.1. The molecule has 1 aliphatic rings. The lowest BCUT2D eigenvalue weighted by Crippen LogP contribution is -2.47. The molecule has 5 rings (SSSR count). The molecule has 0 fully saturated rings. The van der Waals surface area contributed by atoms with Gasteiger partial charge in [0.15, 0.2) is 0 Å². The van der Waals surface area contributed by atoms with Crippen LogP contribution in [0.2, 0.25) is 0 Å². The monoisotopic (exact) mass is 690 g/mol. The molecule has 0 aliphatic carbocycles. The number of rotatable bonds is 10. The predicted molar refractivity (Wildman–Crippen MR) is 185 cm³/mol.